The first kappa shape index (κ1) is 12.2. The van der Waals surface area contributed by atoms with Crippen molar-refractivity contribution in [2.24, 2.45) is 5.92 Å². The van der Waals surface area contributed by atoms with Crippen LogP contribution in [0.25, 0.3) is 0 Å². The third-order valence-electron chi connectivity index (χ3n) is 5.56. The molecule has 106 valence electrons. The lowest BCUT2D eigenvalue weighted by atomic mass is 9.77. The number of fused-ring (bicyclic) bond motifs is 2. The van der Waals surface area contributed by atoms with Crippen LogP contribution in [-0.4, -0.2) is 36.5 Å². The Morgan fingerprint density at radius 3 is 2.74 bits per heavy atom. The molecule has 0 N–H and O–H groups in total. The van der Waals surface area contributed by atoms with Gasteiger partial charge in [0.25, 0.3) is 6.47 Å². The van der Waals surface area contributed by atoms with E-state index in [0.717, 1.165) is 38.0 Å². The molecule has 2 aliphatic heterocycles. The molecule has 19 heavy (non-hydrogen) atoms. The van der Waals surface area contributed by atoms with Gasteiger partial charge in [-0.25, -0.2) is 0 Å². The van der Waals surface area contributed by atoms with Crippen LogP contribution in [0.3, 0.4) is 0 Å². The van der Waals surface area contributed by atoms with Gasteiger partial charge in [-0.1, -0.05) is 0 Å². The largest absolute Gasteiger partial charge is 0.461 e. The fourth-order valence-corrected chi connectivity index (χ4v) is 4.20. The molecule has 0 aromatic heterocycles. The van der Waals surface area contributed by atoms with E-state index in [1.54, 1.807) is 0 Å². The minimum absolute atomic E-state index is 0.235. The van der Waals surface area contributed by atoms with Crippen molar-refractivity contribution in [2.45, 2.75) is 81.4 Å². The quantitative estimate of drug-likeness (QED) is 0.565. The second-order valence-corrected chi connectivity index (χ2v) is 6.78. The van der Waals surface area contributed by atoms with Gasteiger partial charge in [-0.15, -0.1) is 0 Å². The average molecular weight is 266 g/mol. The van der Waals surface area contributed by atoms with Gasteiger partial charge in [0.2, 0.25) is 0 Å². The smallest absolute Gasteiger partial charge is 0.293 e. The monoisotopic (exact) mass is 266 g/mol. The van der Waals surface area contributed by atoms with Gasteiger partial charge in [0.15, 0.2) is 0 Å². The number of hydrogen-bond acceptors (Lipinski definition) is 4. The maximum Gasteiger partial charge on any atom is 0.293 e. The summed E-state index contributed by atoms with van der Waals surface area (Å²) in [5.74, 6) is 0.758. The zero-order chi connectivity index (χ0) is 12.9. The molecule has 4 rings (SSSR count). The lowest BCUT2D eigenvalue weighted by Gasteiger charge is -2.35. The molecule has 0 radical (unpaired) electrons. The Bertz CT molecular complexity index is 371. The molecule has 2 saturated heterocycles. The first-order valence-electron chi connectivity index (χ1n) is 7.70. The average Bonchev–Trinajstić information content (AvgIpc) is 3.30. The van der Waals surface area contributed by atoms with Gasteiger partial charge in [0, 0.05) is 6.42 Å². The van der Waals surface area contributed by atoms with E-state index in [2.05, 4.69) is 0 Å². The minimum Gasteiger partial charge on any atom is -0.461 e. The predicted molar refractivity (Wildman–Crippen MR) is 67.6 cm³/mol. The van der Waals surface area contributed by atoms with E-state index >= 15 is 0 Å². The van der Waals surface area contributed by atoms with Gasteiger partial charge >= 0.3 is 0 Å². The molecule has 6 unspecified atom stereocenters. The number of epoxide rings is 2. The van der Waals surface area contributed by atoms with Crippen molar-refractivity contribution in [1.82, 2.24) is 0 Å². The Labute approximate surface area is 113 Å². The normalized spacial score (nSPS) is 50.8. The molecule has 0 bridgehead atoms. The molecule has 0 aromatic rings. The van der Waals surface area contributed by atoms with E-state index in [-0.39, 0.29) is 5.60 Å². The summed E-state index contributed by atoms with van der Waals surface area (Å²) in [4.78, 5) is 10.8. The van der Waals surface area contributed by atoms with E-state index in [4.69, 9.17) is 14.2 Å². The first-order valence-corrected chi connectivity index (χ1v) is 7.70. The Balaban J connectivity index is 1.33. The second-order valence-electron chi connectivity index (χ2n) is 6.78. The third-order valence-corrected chi connectivity index (χ3v) is 5.56. The van der Waals surface area contributed by atoms with Crippen molar-refractivity contribution in [3.05, 3.63) is 0 Å². The van der Waals surface area contributed by atoms with E-state index in [0.29, 0.717) is 30.9 Å². The fraction of sp³-hybridized carbons (Fsp3) is 0.933. The topological polar surface area (TPSA) is 51.4 Å². The molecule has 2 heterocycles. The Kier molecular flexibility index (Phi) is 2.85. The maximum absolute atomic E-state index is 10.8. The number of carbonyl (C=O) groups excluding carboxylic acids is 1. The lowest BCUT2D eigenvalue weighted by Crippen LogP contribution is -2.38. The minimum atomic E-state index is -0.235. The molecule has 0 amide bonds. The standard InChI is InChI=1S/C15H22O4/c16-9-17-15(6-4-12-14(8-15)19-12)5-3-10-1-2-11-13(7-10)18-11/h9-14H,1-8H2. The SMILES string of the molecule is O=COC1(CCC2CCC3OC3C2)CCC2OC2C1. The van der Waals surface area contributed by atoms with Crippen LogP contribution in [0.15, 0.2) is 0 Å². The highest BCUT2D eigenvalue weighted by molar-refractivity contribution is 5.38. The zero-order valence-corrected chi connectivity index (χ0v) is 11.3. The molecule has 2 saturated carbocycles. The molecule has 6 atom stereocenters. The summed E-state index contributed by atoms with van der Waals surface area (Å²) >= 11 is 0. The summed E-state index contributed by atoms with van der Waals surface area (Å²) in [7, 11) is 0. The van der Waals surface area contributed by atoms with Crippen LogP contribution in [0.2, 0.25) is 0 Å². The number of rotatable bonds is 5. The molecule has 4 fully saturated rings. The fourth-order valence-electron chi connectivity index (χ4n) is 4.20. The zero-order valence-electron chi connectivity index (χ0n) is 11.3. The van der Waals surface area contributed by atoms with Gasteiger partial charge in [0.05, 0.1) is 24.4 Å². The highest BCUT2D eigenvalue weighted by Gasteiger charge is 2.52. The molecular formula is C15H22O4. The first-order chi connectivity index (χ1) is 9.28. The van der Waals surface area contributed by atoms with Crippen molar-refractivity contribution in [3.8, 4) is 0 Å². The summed E-state index contributed by atoms with van der Waals surface area (Å²) in [5, 5.41) is 0. The van der Waals surface area contributed by atoms with Gasteiger partial charge in [-0.3, -0.25) is 4.79 Å². The van der Waals surface area contributed by atoms with E-state index < -0.39 is 0 Å². The second kappa shape index (κ2) is 4.45. The van der Waals surface area contributed by atoms with Crippen LogP contribution in [0.1, 0.15) is 51.4 Å². The van der Waals surface area contributed by atoms with Gasteiger partial charge in [-0.05, 0) is 50.9 Å². The number of hydrogen-bond donors (Lipinski definition) is 0. The van der Waals surface area contributed by atoms with Gasteiger partial charge in [-0.2, -0.15) is 0 Å². The molecule has 0 spiro atoms. The van der Waals surface area contributed by atoms with Crippen LogP contribution in [0.4, 0.5) is 0 Å². The van der Waals surface area contributed by atoms with Crippen LogP contribution in [-0.2, 0) is 19.0 Å². The summed E-state index contributed by atoms with van der Waals surface area (Å²) < 4.78 is 16.7. The molecule has 4 aliphatic rings. The molecule has 0 aromatic carbocycles. The van der Waals surface area contributed by atoms with Crippen molar-refractivity contribution >= 4 is 6.47 Å². The Hall–Kier alpha value is -0.610. The van der Waals surface area contributed by atoms with Crippen molar-refractivity contribution in [1.29, 1.82) is 0 Å². The summed E-state index contributed by atoms with van der Waals surface area (Å²) in [6.45, 7) is 0.642. The molecular weight excluding hydrogens is 244 g/mol. The van der Waals surface area contributed by atoms with Crippen molar-refractivity contribution < 1.29 is 19.0 Å². The summed E-state index contributed by atoms with van der Waals surface area (Å²) in [5.41, 5.74) is -0.235. The Morgan fingerprint density at radius 1 is 1.11 bits per heavy atom. The lowest BCUT2D eigenvalue weighted by molar-refractivity contribution is -0.147. The maximum atomic E-state index is 10.8. The van der Waals surface area contributed by atoms with Crippen LogP contribution in [0.5, 0.6) is 0 Å². The van der Waals surface area contributed by atoms with E-state index in [9.17, 15) is 4.79 Å². The summed E-state index contributed by atoms with van der Waals surface area (Å²) in [6, 6.07) is 0. The van der Waals surface area contributed by atoms with Crippen molar-refractivity contribution in [2.75, 3.05) is 0 Å². The predicted octanol–water partition coefficient (Wildman–Crippen LogP) is 2.20. The highest BCUT2D eigenvalue weighted by atomic mass is 16.6. The van der Waals surface area contributed by atoms with E-state index in [1.807, 2.05) is 0 Å². The van der Waals surface area contributed by atoms with Gasteiger partial charge < -0.3 is 14.2 Å². The van der Waals surface area contributed by atoms with E-state index in [1.165, 1.54) is 19.3 Å². The molecule has 4 nitrogen and oxygen atoms in total. The third kappa shape index (κ3) is 2.40. The number of ether oxygens (including phenoxy) is 3. The van der Waals surface area contributed by atoms with Crippen molar-refractivity contribution in [3.63, 3.8) is 0 Å². The summed E-state index contributed by atoms with van der Waals surface area (Å²) in [6.07, 6.45) is 10.8. The Morgan fingerprint density at radius 2 is 1.95 bits per heavy atom. The highest BCUT2D eigenvalue weighted by Crippen LogP contribution is 2.47. The van der Waals surface area contributed by atoms with Gasteiger partial charge in [0.1, 0.15) is 5.60 Å². The number of carbonyl (C=O) groups is 1. The molecule has 4 heteroatoms. The van der Waals surface area contributed by atoms with Crippen LogP contribution >= 0.6 is 0 Å². The molecule has 2 aliphatic carbocycles. The van der Waals surface area contributed by atoms with Crippen LogP contribution < -0.4 is 0 Å². The van der Waals surface area contributed by atoms with Crippen LogP contribution in [0, 0.1) is 5.92 Å².